The van der Waals surface area contributed by atoms with Crippen LogP contribution in [0.3, 0.4) is 0 Å². The topological polar surface area (TPSA) is 24.5 Å². The van der Waals surface area contributed by atoms with Gasteiger partial charge in [-0.15, -0.1) is 0 Å². The van der Waals surface area contributed by atoms with Gasteiger partial charge in [0, 0.05) is 25.7 Å². The molecule has 0 radical (unpaired) electrons. The second-order valence-corrected chi connectivity index (χ2v) is 6.13. The van der Waals surface area contributed by atoms with E-state index >= 15 is 0 Å². The second kappa shape index (κ2) is 6.75. The highest BCUT2D eigenvalue weighted by Gasteiger charge is 2.29. The van der Waals surface area contributed by atoms with Gasteiger partial charge in [0.2, 0.25) is 0 Å². The maximum Gasteiger partial charge on any atom is 0.146 e. The molecule has 0 bridgehead atoms. The monoisotopic (exact) mass is 292 g/mol. The first-order valence-electron chi connectivity index (χ1n) is 8.14. The van der Waals surface area contributed by atoms with Gasteiger partial charge in [-0.1, -0.05) is 12.1 Å². The van der Waals surface area contributed by atoms with Crippen molar-refractivity contribution in [1.29, 1.82) is 0 Å². The molecule has 4 heteroatoms. The van der Waals surface area contributed by atoms with Gasteiger partial charge in [-0.2, -0.15) is 0 Å². The van der Waals surface area contributed by atoms with Crippen LogP contribution in [0.5, 0.6) is 0 Å². The Bertz CT molecular complexity index is 464. The van der Waals surface area contributed by atoms with E-state index in [1.165, 1.54) is 18.9 Å². The zero-order valence-corrected chi connectivity index (χ0v) is 12.7. The molecule has 1 aliphatic heterocycles. The number of likely N-dealkylation sites (N-methyl/N-ethyl adjacent to an activating group) is 1. The first kappa shape index (κ1) is 14.8. The maximum absolute atomic E-state index is 13.9. The lowest BCUT2D eigenvalue weighted by Gasteiger charge is -2.27. The van der Waals surface area contributed by atoms with E-state index in [1.54, 1.807) is 6.07 Å². The van der Waals surface area contributed by atoms with Crippen LogP contribution in [-0.2, 0) is 4.74 Å². The van der Waals surface area contributed by atoms with Crippen molar-refractivity contribution in [3.05, 3.63) is 30.1 Å². The summed E-state index contributed by atoms with van der Waals surface area (Å²) in [6.07, 6.45) is 5.35. The van der Waals surface area contributed by atoms with Crippen molar-refractivity contribution in [1.82, 2.24) is 5.32 Å². The molecule has 2 aliphatic rings. The SMILES string of the molecule is CCN(CC1CCC(CNC2CC2)O1)c1ccccc1F. The van der Waals surface area contributed by atoms with E-state index in [0.717, 1.165) is 38.5 Å². The molecule has 21 heavy (non-hydrogen) atoms. The van der Waals surface area contributed by atoms with E-state index in [9.17, 15) is 4.39 Å². The fourth-order valence-electron chi connectivity index (χ4n) is 3.00. The van der Waals surface area contributed by atoms with Crippen LogP contribution in [0.2, 0.25) is 0 Å². The van der Waals surface area contributed by atoms with Gasteiger partial charge in [0.25, 0.3) is 0 Å². The van der Waals surface area contributed by atoms with Gasteiger partial charge in [-0.25, -0.2) is 4.39 Å². The molecule has 1 N–H and O–H groups in total. The standard InChI is InChI=1S/C17H25FN2O/c1-2-20(17-6-4-3-5-16(17)18)12-15-10-9-14(21-15)11-19-13-7-8-13/h3-6,13-15,19H,2,7-12H2,1H3. The van der Waals surface area contributed by atoms with Gasteiger partial charge in [0.1, 0.15) is 5.82 Å². The number of para-hydroxylation sites is 1. The Morgan fingerprint density at radius 2 is 1.95 bits per heavy atom. The number of anilines is 1. The molecule has 1 aliphatic carbocycles. The molecule has 2 unspecified atom stereocenters. The van der Waals surface area contributed by atoms with Crippen LogP contribution in [0, 0.1) is 5.82 Å². The molecular formula is C17H25FN2O. The van der Waals surface area contributed by atoms with Crippen molar-refractivity contribution >= 4 is 5.69 Å². The summed E-state index contributed by atoms with van der Waals surface area (Å²) in [5.41, 5.74) is 0.683. The van der Waals surface area contributed by atoms with Crippen molar-refractivity contribution in [2.45, 2.75) is 50.9 Å². The minimum atomic E-state index is -0.149. The smallest absolute Gasteiger partial charge is 0.146 e. The Morgan fingerprint density at radius 1 is 1.19 bits per heavy atom. The number of nitrogens with one attached hydrogen (secondary N) is 1. The molecule has 1 aromatic rings. The molecule has 0 aromatic heterocycles. The molecule has 2 atom stereocenters. The Kier molecular flexibility index (Phi) is 4.76. The summed E-state index contributed by atoms with van der Waals surface area (Å²) < 4.78 is 20.0. The molecule has 1 aromatic carbocycles. The summed E-state index contributed by atoms with van der Waals surface area (Å²) in [6, 6.07) is 7.73. The van der Waals surface area contributed by atoms with E-state index in [1.807, 2.05) is 12.1 Å². The van der Waals surface area contributed by atoms with Crippen LogP contribution in [0.15, 0.2) is 24.3 Å². The van der Waals surface area contributed by atoms with Gasteiger partial charge in [0.15, 0.2) is 0 Å². The van der Waals surface area contributed by atoms with Crippen molar-refractivity contribution in [3.63, 3.8) is 0 Å². The molecular weight excluding hydrogens is 267 g/mol. The minimum absolute atomic E-state index is 0.149. The summed E-state index contributed by atoms with van der Waals surface area (Å²) in [7, 11) is 0. The van der Waals surface area contributed by atoms with Gasteiger partial charge >= 0.3 is 0 Å². The van der Waals surface area contributed by atoms with Gasteiger partial charge in [0.05, 0.1) is 17.9 Å². The Morgan fingerprint density at radius 3 is 2.67 bits per heavy atom. The highest BCUT2D eigenvalue weighted by Crippen LogP contribution is 2.25. The highest BCUT2D eigenvalue weighted by atomic mass is 19.1. The molecule has 1 saturated heterocycles. The number of hydrogen-bond donors (Lipinski definition) is 1. The lowest BCUT2D eigenvalue weighted by atomic mass is 10.1. The quantitative estimate of drug-likeness (QED) is 0.836. The van der Waals surface area contributed by atoms with Crippen LogP contribution >= 0.6 is 0 Å². The predicted octanol–water partition coefficient (Wildman–Crippen LogP) is 2.95. The number of hydrogen-bond acceptors (Lipinski definition) is 3. The molecule has 1 heterocycles. The van der Waals surface area contributed by atoms with E-state index in [2.05, 4.69) is 17.1 Å². The molecule has 3 rings (SSSR count). The summed E-state index contributed by atoms with van der Waals surface area (Å²) in [5, 5.41) is 3.53. The van der Waals surface area contributed by atoms with Crippen molar-refractivity contribution in [3.8, 4) is 0 Å². The lowest BCUT2D eigenvalue weighted by molar-refractivity contribution is 0.0492. The van der Waals surface area contributed by atoms with E-state index < -0.39 is 0 Å². The van der Waals surface area contributed by atoms with Gasteiger partial charge in [-0.05, 0) is 44.7 Å². The predicted molar refractivity (Wildman–Crippen MR) is 83.2 cm³/mol. The molecule has 1 saturated carbocycles. The fourth-order valence-corrected chi connectivity index (χ4v) is 3.00. The van der Waals surface area contributed by atoms with Crippen molar-refractivity contribution in [2.24, 2.45) is 0 Å². The van der Waals surface area contributed by atoms with E-state index in [4.69, 9.17) is 4.74 Å². The summed E-state index contributed by atoms with van der Waals surface area (Å²) in [6.45, 7) is 4.60. The summed E-state index contributed by atoms with van der Waals surface area (Å²) in [4.78, 5) is 2.08. The van der Waals surface area contributed by atoms with Crippen LogP contribution in [0.25, 0.3) is 0 Å². The molecule has 2 fully saturated rings. The van der Waals surface area contributed by atoms with Crippen molar-refractivity contribution < 1.29 is 9.13 Å². The number of nitrogens with zero attached hydrogens (tertiary/aromatic N) is 1. The van der Waals surface area contributed by atoms with E-state index in [0.29, 0.717) is 11.8 Å². The fraction of sp³-hybridized carbons (Fsp3) is 0.647. The molecule has 116 valence electrons. The van der Waals surface area contributed by atoms with Crippen LogP contribution < -0.4 is 10.2 Å². The third-order valence-electron chi connectivity index (χ3n) is 4.41. The third-order valence-corrected chi connectivity index (χ3v) is 4.41. The Balaban J connectivity index is 1.51. The first-order valence-corrected chi connectivity index (χ1v) is 8.14. The maximum atomic E-state index is 13.9. The molecule has 3 nitrogen and oxygen atoms in total. The number of benzene rings is 1. The zero-order valence-electron chi connectivity index (χ0n) is 12.7. The highest BCUT2D eigenvalue weighted by molar-refractivity contribution is 5.47. The van der Waals surface area contributed by atoms with Crippen LogP contribution in [0.1, 0.15) is 32.6 Å². The summed E-state index contributed by atoms with van der Waals surface area (Å²) in [5.74, 6) is -0.149. The van der Waals surface area contributed by atoms with Crippen LogP contribution in [-0.4, -0.2) is 37.9 Å². The van der Waals surface area contributed by atoms with E-state index in [-0.39, 0.29) is 11.9 Å². The largest absolute Gasteiger partial charge is 0.372 e. The third kappa shape index (κ3) is 3.95. The van der Waals surface area contributed by atoms with Gasteiger partial charge < -0.3 is 15.0 Å². The summed E-state index contributed by atoms with van der Waals surface area (Å²) >= 11 is 0. The molecule has 0 amide bonds. The lowest BCUT2D eigenvalue weighted by Crippen LogP contribution is -2.34. The average Bonchev–Trinajstić information content (AvgIpc) is 3.22. The van der Waals surface area contributed by atoms with Gasteiger partial charge in [-0.3, -0.25) is 0 Å². The normalized spacial score (nSPS) is 25.2. The zero-order chi connectivity index (χ0) is 14.7. The number of rotatable bonds is 7. The van der Waals surface area contributed by atoms with Crippen molar-refractivity contribution in [2.75, 3.05) is 24.5 Å². The molecule has 0 spiro atoms. The number of ether oxygens (including phenoxy) is 1. The second-order valence-electron chi connectivity index (χ2n) is 6.13. The first-order chi connectivity index (χ1) is 10.3. The van der Waals surface area contributed by atoms with Crippen LogP contribution in [0.4, 0.5) is 10.1 Å². The Labute approximate surface area is 126 Å². The Hall–Kier alpha value is -1.13. The average molecular weight is 292 g/mol. The number of halogens is 1. The minimum Gasteiger partial charge on any atom is -0.372 e.